The van der Waals surface area contributed by atoms with Crippen LogP contribution in [0, 0.1) is 22.7 Å². The number of rotatable bonds is 1. The van der Waals surface area contributed by atoms with Crippen LogP contribution in [0.4, 0.5) is 0 Å². The first kappa shape index (κ1) is 25.6. The third-order valence-corrected chi connectivity index (χ3v) is 7.19. The summed E-state index contributed by atoms with van der Waals surface area (Å²) in [7, 11) is 0. The normalized spacial score (nSPS) is 23.1. The fourth-order valence-corrected chi connectivity index (χ4v) is 5.88. The first-order chi connectivity index (χ1) is 12.8. The molecule has 5 rings (SSSR count). The summed E-state index contributed by atoms with van der Waals surface area (Å²) in [6.45, 7) is 12.0. The van der Waals surface area contributed by atoms with Gasteiger partial charge in [0, 0.05) is 11.8 Å². The molecule has 3 heteroatoms. The van der Waals surface area contributed by atoms with Gasteiger partial charge in [-0.15, -0.1) is 0 Å². The average Bonchev–Trinajstić information content (AvgIpc) is 3.26. The molecule has 3 aliphatic carbocycles. The predicted molar refractivity (Wildman–Crippen MR) is 115 cm³/mol. The molecule has 0 spiro atoms. The average molecular weight is 517 g/mol. The molecule has 2 unspecified atom stereocenters. The molecule has 0 amide bonds. The molecule has 30 heavy (non-hydrogen) atoms. The van der Waals surface area contributed by atoms with E-state index in [9.17, 15) is 0 Å². The van der Waals surface area contributed by atoms with Gasteiger partial charge >= 0.3 is 26.2 Å². The molecule has 2 aromatic carbocycles. The fraction of sp³-hybridized carbons (Fsp3) is 0.407. The number of fused-ring (bicyclic) bond motifs is 4. The Morgan fingerprint density at radius 1 is 0.833 bits per heavy atom. The van der Waals surface area contributed by atoms with Gasteiger partial charge in [0.15, 0.2) is 0 Å². The number of benzene rings is 2. The minimum atomic E-state index is 0. The number of halogens is 2. The quantitative estimate of drug-likeness (QED) is 0.538. The maximum atomic E-state index is 2.61. The van der Waals surface area contributed by atoms with Crippen molar-refractivity contribution < 1.29 is 51.0 Å². The summed E-state index contributed by atoms with van der Waals surface area (Å²) in [6.07, 6.45) is 6.42. The molecular formula is C27H30Cl2Zr. The third kappa shape index (κ3) is 3.85. The third-order valence-electron chi connectivity index (χ3n) is 7.19. The molecule has 1 fully saturated rings. The standard InChI is InChI=1S/C27H30.2ClH.Zr/c1-26(2,3)17-14-22-23(16-27(4,5)24(22)15-17)25-20-12-8-6-10-18(20)19-11-7-9-13-21(19)25;;;/h6-15,22-23,25H,16H2,1-5H3;2*1H;/q;;;+2/p-2. The Bertz CT molecular complexity index is 948. The second-order valence-electron chi connectivity index (χ2n) is 10.4. The first-order valence-electron chi connectivity index (χ1n) is 10.4. The van der Waals surface area contributed by atoms with Crippen molar-refractivity contribution in [3.05, 3.63) is 83.0 Å². The van der Waals surface area contributed by atoms with Gasteiger partial charge in [0.05, 0.1) is 0 Å². The summed E-state index contributed by atoms with van der Waals surface area (Å²) in [5.74, 6) is 1.75. The summed E-state index contributed by atoms with van der Waals surface area (Å²) in [5.41, 5.74) is 9.68. The van der Waals surface area contributed by atoms with Gasteiger partial charge in [-0.3, -0.25) is 0 Å². The van der Waals surface area contributed by atoms with E-state index in [1.165, 1.54) is 23.1 Å². The van der Waals surface area contributed by atoms with Gasteiger partial charge in [0.1, 0.15) is 0 Å². The van der Waals surface area contributed by atoms with E-state index in [-0.39, 0.29) is 61.8 Å². The molecule has 0 nitrogen and oxygen atoms in total. The fourth-order valence-electron chi connectivity index (χ4n) is 5.88. The zero-order valence-electron chi connectivity index (χ0n) is 18.5. The van der Waals surface area contributed by atoms with Crippen LogP contribution in [0.15, 0.2) is 71.8 Å². The van der Waals surface area contributed by atoms with Crippen LogP contribution in [0.1, 0.15) is 58.1 Å². The summed E-state index contributed by atoms with van der Waals surface area (Å²) in [4.78, 5) is 0. The van der Waals surface area contributed by atoms with E-state index in [4.69, 9.17) is 0 Å². The van der Waals surface area contributed by atoms with Crippen molar-refractivity contribution >= 4 is 0 Å². The predicted octanol–water partition coefficient (Wildman–Crippen LogP) is 1.38. The van der Waals surface area contributed by atoms with E-state index in [1.807, 2.05) is 0 Å². The topological polar surface area (TPSA) is 0 Å². The minimum Gasteiger partial charge on any atom is -1.00 e. The molecule has 0 bridgehead atoms. The zero-order chi connectivity index (χ0) is 19.0. The van der Waals surface area contributed by atoms with E-state index < -0.39 is 0 Å². The Morgan fingerprint density at radius 2 is 1.33 bits per heavy atom. The van der Waals surface area contributed by atoms with Gasteiger partial charge in [0.25, 0.3) is 0 Å². The van der Waals surface area contributed by atoms with E-state index in [0.29, 0.717) is 17.8 Å². The van der Waals surface area contributed by atoms with Crippen LogP contribution in [0.2, 0.25) is 0 Å². The molecule has 1 saturated carbocycles. The largest absolute Gasteiger partial charge is 2.00 e. The van der Waals surface area contributed by atoms with Crippen molar-refractivity contribution in [3.63, 3.8) is 0 Å². The number of hydrogen-bond donors (Lipinski definition) is 0. The van der Waals surface area contributed by atoms with Crippen LogP contribution in [0.25, 0.3) is 11.1 Å². The molecule has 2 atom stereocenters. The maximum Gasteiger partial charge on any atom is 2.00 e. The summed E-state index contributed by atoms with van der Waals surface area (Å²) in [5, 5.41) is 0. The molecule has 0 aromatic heterocycles. The second kappa shape index (κ2) is 8.73. The summed E-state index contributed by atoms with van der Waals surface area (Å²) < 4.78 is 0. The Hall–Kier alpha value is -0.617. The Balaban J connectivity index is 0.00000107. The van der Waals surface area contributed by atoms with Gasteiger partial charge in [-0.25, -0.2) is 0 Å². The monoisotopic (exact) mass is 514 g/mol. The Kier molecular flexibility index (Phi) is 7.46. The van der Waals surface area contributed by atoms with Gasteiger partial charge in [-0.2, -0.15) is 0 Å². The number of allylic oxidation sites excluding steroid dienone is 4. The van der Waals surface area contributed by atoms with Crippen LogP contribution < -0.4 is 24.8 Å². The smallest absolute Gasteiger partial charge is 1.00 e. The SMILES string of the molecule is CC(C)(C)C1=CC2C(=C1)C(C)(C)CC2C1c2ccccc2-c2ccccc21.[Cl-].[Cl-].[Zr+2]. The van der Waals surface area contributed by atoms with Crippen LogP contribution in [-0.2, 0) is 26.2 Å². The Morgan fingerprint density at radius 3 is 1.83 bits per heavy atom. The molecule has 0 aliphatic heterocycles. The van der Waals surface area contributed by atoms with Crippen molar-refractivity contribution in [1.29, 1.82) is 0 Å². The van der Waals surface area contributed by atoms with Gasteiger partial charge in [-0.1, -0.05) is 101 Å². The minimum absolute atomic E-state index is 0. The van der Waals surface area contributed by atoms with Crippen LogP contribution >= 0.6 is 0 Å². The molecule has 156 valence electrons. The zero-order valence-corrected chi connectivity index (χ0v) is 22.4. The summed E-state index contributed by atoms with van der Waals surface area (Å²) >= 11 is 0. The van der Waals surface area contributed by atoms with Crippen molar-refractivity contribution in [2.75, 3.05) is 0 Å². The van der Waals surface area contributed by atoms with Gasteiger partial charge in [-0.05, 0) is 51.0 Å². The van der Waals surface area contributed by atoms with Crippen LogP contribution in [-0.4, -0.2) is 0 Å². The molecule has 0 radical (unpaired) electrons. The van der Waals surface area contributed by atoms with Gasteiger partial charge < -0.3 is 24.8 Å². The maximum absolute atomic E-state index is 2.61. The van der Waals surface area contributed by atoms with E-state index in [0.717, 1.165) is 0 Å². The van der Waals surface area contributed by atoms with Crippen LogP contribution in [0.5, 0.6) is 0 Å². The molecule has 3 aliphatic rings. The van der Waals surface area contributed by atoms with Crippen molar-refractivity contribution in [1.82, 2.24) is 0 Å². The second-order valence-corrected chi connectivity index (χ2v) is 10.4. The first-order valence-corrected chi connectivity index (χ1v) is 10.4. The molecule has 2 aromatic rings. The van der Waals surface area contributed by atoms with E-state index in [2.05, 4.69) is 95.3 Å². The van der Waals surface area contributed by atoms with Crippen LogP contribution in [0.3, 0.4) is 0 Å². The molecule has 0 N–H and O–H groups in total. The Labute approximate surface area is 213 Å². The van der Waals surface area contributed by atoms with Crippen molar-refractivity contribution in [3.8, 4) is 11.1 Å². The van der Waals surface area contributed by atoms with E-state index in [1.54, 1.807) is 16.7 Å². The van der Waals surface area contributed by atoms with Crippen molar-refractivity contribution in [2.45, 2.75) is 47.0 Å². The number of hydrogen-bond acceptors (Lipinski definition) is 0. The van der Waals surface area contributed by atoms with E-state index >= 15 is 0 Å². The van der Waals surface area contributed by atoms with Crippen molar-refractivity contribution in [2.24, 2.45) is 22.7 Å². The molecule has 0 heterocycles. The summed E-state index contributed by atoms with van der Waals surface area (Å²) in [6, 6.07) is 18.2. The molecular weight excluding hydrogens is 486 g/mol. The molecule has 0 saturated heterocycles. The van der Waals surface area contributed by atoms with Gasteiger partial charge in [0.2, 0.25) is 0 Å².